The molecule has 1 aromatic carbocycles. The molecule has 1 aliphatic rings. The maximum Gasteiger partial charge on any atom is 0.330 e. The number of carbonyl (C=O) groups excluding carboxylic acids is 2. The number of hydroxylamine groups is 2. The van der Waals surface area contributed by atoms with E-state index >= 15 is 0 Å². The van der Waals surface area contributed by atoms with Gasteiger partial charge in [0.15, 0.2) is 0 Å². The van der Waals surface area contributed by atoms with Gasteiger partial charge in [-0.25, -0.2) is 4.79 Å². The van der Waals surface area contributed by atoms with Gasteiger partial charge in [0.05, 0.1) is 5.41 Å². The Morgan fingerprint density at radius 1 is 1.03 bits per heavy atom. The first-order chi connectivity index (χ1) is 16.1. The van der Waals surface area contributed by atoms with E-state index in [1.54, 1.807) is 5.06 Å². The zero-order valence-electron chi connectivity index (χ0n) is 22.6. The van der Waals surface area contributed by atoms with Crippen molar-refractivity contribution in [2.45, 2.75) is 87.0 Å². The summed E-state index contributed by atoms with van der Waals surface area (Å²) >= 11 is 0. The Morgan fingerprint density at radius 3 is 2.03 bits per heavy atom. The van der Waals surface area contributed by atoms with Crippen LogP contribution in [0.15, 0.2) is 18.2 Å². The van der Waals surface area contributed by atoms with E-state index in [4.69, 9.17) is 4.84 Å². The van der Waals surface area contributed by atoms with Crippen LogP contribution in [0.5, 0.6) is 0 Å². The summed E-state index contributed by atoms with van der Waals surface area (Å²) in [5.74, 6) is 0.458. The highest BCUT2D eigenvalue weighted by atomic mass is 16.7. The number of benzene rings is 1. The number of nitrogens with zero attached hydrogens (tertiary/aromatic N) is 2. The fourth-order valence-corrected chi connectivity index (χ4v) is 4.26. The summed E-state index contributed by atoms with van der Waals surface area (Å²) in [4.78, 5) is 33.0. The van der Waals surface area contributed by atoms with E-state index in [1.807, 2.05) is 25.7 Å². The van der Waals surface area contributed by atoms with Crippen molar-refractivity contribution in [1.82, 2.24) is 9.96 Å². The van der Waals surface area contributed by atoms with Crippen molar-refractivity contribution in [3.05, 3.63) is 40.5 Å². The summed E-state index contributed by atoms with van der Waals surface area (Å²) in [6.07, 6.45) is 10.7. The molecule has 1 fully saturated rings. The predicted octanol–water partition coefficient (Wildman–Crippen LogP) is 6.58. The Hall–Kier alpha value is -2.14. The number of allylic oxidation sites excluding steroid dienone is 1. The molecule has 1 amide bonds. The first-order valence-electron chi connectivity index (χ1n) is 13.1. The Morgan fingerprint density at radius 2 is 1.56 bits per heavy atom. The fraction of sp³-hybridized carbons (Fsp3) is 0.655. The van der Waals surface area contributed by atoms with Crippen LogP contribution >= 0.6 is 0 Å². The molecule has 0 unspecified atom stereocenters. The van der Waals surface area contributed by atoms with Gasteiger partial charge in [0.2, 0.25) is 0 Å². The molecule has 190 valence electrons. The van der Waals surface area contributed by atoms with Crippen molar-refractivity contribution >= 4 is 18.0 Å². The molecule has 1 aliphatic heterocycles. The molecule has 2 rings (SSSR count). The highest BCUT2D eigenvalue weighted by molar-refractivity contribution is 5.97. The SMILES string of the molecule is CCCCN(CCCC)C(=O)c1c(C)cc(/C=C/C2CCN(OC(=O)C(C)(C)C)CC2)cc1C. The molecule has 5 nitrogen and oxygen atoms in total. The number of hydrogen-bond acceptors (Lipinski definition) is 4. The molecule has 0 spiro atoms. The third-order valence-electron chi connectivity index (χ3n) is 6.50. The van der Waals surface area contributed by atoms with Crippen LogP contribution in [-0.4, -0.2) is 48.0 Å². The number of carbonyl (C=O) groups is 2. The van der Waals surface area contributed by atoms with E-state index in [0.717, 1.165) is 87.0 Å². The summed E-state index contributed by atoms with van der Waals surface area (Å²) in [7, 11) is 0. The molecule has 1 aromatic rings. The quantitative estimate of drug-likeness (QED) is 0.388. The minimum absolute atomic E-state index is 0.171. The van der Waals surface area contributed by atoms with Crippen LogP contribution in [0, 0.1) is 25.2 Å². The van der Waals surface area contributed by atoms with Crippen LogP contribution in [0.25, 0.3) is 6.08 Å². The monoisotopic (exact) mass is 470 g/mol. The Bertz CT molecular complexity index is 814. The third-order valence-corrected chi connectivity index (χ3v) is 6.50. The van der Waals surface area contributed by atoms with Gasteiger partial charge in [-0.2, -0.15) is 0 Å². The lowest BCUT2D eigenvalue weighted by molar-refractivity contribution is -0.205. The van der Waals surface area contributed by atoms with Gasteiger partial charge >= 0.3 is 5.97 Å². The zero-order chi connectivity index (χ0) is 25.3. The van der Waals surface area contributed by atoms with Crippen LogP contribution in [0.3, 0.4) is 0 Å². The van der Waals surface area contributed by atoms with Gasteiger partial charge < -0.3 is 9.74 Å². The number of unbranched alkanes of at least 4 members (excludes halogenated alkanes) is 2. The van der Waals surface area contributed by atoms with Gasteiger partial charge in [-0.1, -0.05) is 51.0 Å². The molecule has 1 heterocycles. The van der Waals surface area contributed by atoms with Gasteiger partial charge in [0.25, 0.3) is 5.91 Å². The first-order valence-corrected chi connectivity index (χ1v) is 13.1. The largest absolute Gasteiger partial charge is 0.367 e. The van der Waals surface area contributed by atoms with Crippen LogP contribution in [0.4, 0.5) is 0 Å². The number of amides is 1. The number of aryl methyl sites for hydroxylation is 2. The minimum Gasteiger partial charge on any atom is -0.367 e. The number of piperidine rings is 1. The molecule has 34 heavy (non-hydrogen) atoms. The summed E-state index contributed by atoms with van der Waals surface area (Å²) in [5.41, 5.74) is 3.61. The maximum absolute atomic E-state index is 13.4. The molecular formula is C29H46N2O3. The summed E-state index contributed by atoms with van der Waals surface area (Å²) in [6, 6.07) is 4.27. The molecule has 0 aliphatic carbocycles. The summed E-state index contributed by atoms with van der Waals surface area (Å²) < 4.78 is 0. The Kier molecular flexibility index (Phi) is 10.8. The van der Waals surface area contributed by atoms with E-state index in [2.05, 4.69) is 52.0 Å². The van der Waals surface area contributed by atoms with E-state index in [0.29, 0.717) is 5.92 Å². The lowest BCUT2D eigenvalue weighted by atomic mass is 9.94. The normalized spacial score (nSPS) is 15.6. The van der Waals surface area contributed by atoms with Gasteiger partial charge in [0.1, 0.15) is 0 Å². The molecule has 0 aromatic heterocycles. The topological polar surface area (TPSA) is 49.9 Å². The van der Waals surface area contributed by atoms with Gasteiger partial charge in [0, 0.05) is 31.7 Å². The second-order valence-electron chi connectivity index (χ2n) is 10.8. The number of hydrogen-bond donors (Lipinski definition) is 0. The van der Waals surface area contributed by atoms with Crippen molar-refractivity contribution in [2.24, 2.45) is 11.3 Å². The van der Waals surface area contributed by atoms with Gasteiger partial charge in [-0.3, -0.25) is 4.79 Å². The average Bonchev–Trinajstić information content (AvgIpc) is 2.77. The maximum atomic E-state index is 13.4. The number of rotatable bonds is 10. The smallest absolute Gasteiger partial charge is 0.330 e. The van der Waals surface area contributed by atoms with Crippen LogP contribution in [0.2, 0.25) is 0 Å². The molecular weight excluding hydrogens is 424 g/mol. The van der Waals surface area contributed by atoms with Gasteiger partial charge in [-0.15, -0.1) is 5.06 Å². The standard InChI is InChI=1S/C29H46N2O3/c1-8-10-16-30(17-11-9-2)27(32)26-22(3)20-25(21-23(26)4)13-12-24-14-18-31(19-15-24)34-28(33)29(5,6)7/h12-13,20-21,24H,8-11,14-19H2,1-7H3/b13-12+. The van der Waals surface area contributed by atoms with E-state index in [-0.39, 0.29) is 11.9 Å². The lowest BCUT2D eigenvalue weighted by Gasteiger charge is -2.31. The average molecular weight is 471 g/mol. The molecule has 0 N–H and O–H groups in total. The van der Waals surface area contributed by atoms with Crippen molar-refractivity contribution < 1.29 is 14.4 Å². The summed E-state index contributed by atoms with van der Waals surface area (Å²) in [6.45, 7) is 17.3. The van der Waals surface area contributed by atoms with Crippen LogP contribution in [-0.2, 0) is 9.63 Å². The highest BCUT2D eigenvalue weighted by Gasteiger charge is 2.28. The predicted molar refractivity (Wildman–Crippen MR) is 141 cm³/mol. The van der Waals surface area contributed by atoms with Crippen molar-refractivity contribution in [1.29, 1.82) is 0 Å². The lowest BCUT2D eigenvalue weighted by Crippen LogP contribution is -2.38. The van der Waals surface area contributed by atoms with E-state index in [1.165, 1.54) is 0 Å². The van der Waals surface area contributed by atoms with Crippen molar-refractivity contribution in [3.63, 3.8) is 0 Å². The molecule has 0 bridgehead atoms. The molecule has 0 atom stereocenters. The molecule has 0 radical (unpaired) electrons. The minimum atomic E-state index is -0.483. The van der Waals surface area contributed by atoms with Crippen molar-refractivity contribution in [2.75, 3.05) is 26.2 Å². The molecule has 0 saturated carbocycles. The first kappa shape index (κ1) is 28.1. The van der Waals surface area contributed by atoms with Gasteiger partial charge in [-0.05, 0) is 82.9 Å². The fourth-order valence-electron chi connectivity index (χ4n) is 4.26. The third kappa shape index (κ3) is 8.26. The van der Waals surface area contributed by atoms with Crippen LogP contribution < -0.4 is 0 Å². The highest BCUT2D eigenvalue weighted by Crippen LogP contribution is 2.24. The van der Waals surface area contributed by atoms with Crippen LogP contribution in [0.1, 0.15) is 100 Å². The Labute approximate surface area is 207 Å². The second-order valence-corrected chi connectivity index (χ2v) is 10.8. The van der Waals surface area contributed by atoms with Crippen molar-refractivity contribution in [3.8, 4) is 0 Å². The zero-order valence-corrected chi connectivity index (χ0v) is 22.6. The Balaban J connectivity index is 2.02. The molecule has 1 saturated heterocycles. The van der Waals surface area contributed by atoms with E-state index < -0.39 is 5.41 Å². The second kappa shape index (κ2) is 13.1. The summed E-state index contributed by atoms with van der Waals surface area (Å²) in [5, 5.41) is 1.80. The van der Waals surface area contributed by atoms with E-state index in [9.17, 15) is 9.59 Å². The molecule has 5 heteroatoms.